The van der Waals surface area contributed by atoms with Gasteiger partial charge >= 0.3 is 18.6 Å². The van der Waals surface area contributed by atoms with Crippen molar-refractivity contribution in [1.29, 1.82) is 0 Å². The van der Waals surface area contributed by atoms with Gasteiger partial charge in [0.2, 0.25) is 11.7 Å². The SMILES string of the molecule is CC1(C)OC(=O)c2cccc(C[C@H](NC(=O)CSC(F)(F)F)B3O[C@@H]4C[C@@H]5C[C@@H](C5(C)C)[C@]4(C)O3)c2O1. The fraction of sp³-hybridized carbons (Fsp3) is 0.680. The molecular weight excluding hydrogens is 510 g/mol. The van der Waals surface area contributed by atoms with E-state index in [-0.39, 0.29) is 29.4 Å². The number of rotatable bonds is 6. The zero-order chi connectivity index (χ0) is 27.0. The van der Waals surface area contributed by atoms with Crippen LogP contribution in [-0.4, -0.2) is 53.7 Å². The predicted octanol–water partition coefficient (Wildman–Crippen LogP) is 4.52. The number of thioether (sulfide) groups is 1. The van der Waals surface area contributed by atoms with Crippen LogP contribution < -0.4 is 10.1 Å². The van der Waals surface area contributed by atoms with Crippen molar-refractivity contribution in [3.05, 3.63) is 29.3 Å². The number of amides is 1. The molecule has 1 N–H and O–H groups in total. The number of esters is 1. The number of alkyl halides is 3. The molecule has 202 valence electrons. The van der Waals surface area contributed by atoms with E-state index in [0.29, 0.717) is 17.2 Å². The summed E-state index contributed by atoms with van der Waals surface area (Å²) in [5, 5.41) is 2.71. The van der Waals surface area contributed by atoms with Crippen molar-refractivity contribution in [3.63, 3.8) is 0 Å². The van der Waals surface area contributed by atoms with E-state index in [0.717, 1.165) is 12.8 Å². The van der Waals surface area contributed by atoms with Crippen LogP contribution in [0.4, 0.5) is 13.2 Å². The second-order valence-electron chi connectivity index (χ2n) is 11.6. The highest BCUT2D eigenvalue weighted by Crippen LogP contribution is 2.65. The van der Waals surface area contributed by atoms with E-state index in [2.05, 4.69) is 19.2 Å². The van der Waals surface area contributed by atoms with Crippen molar-refractivity contribution in [2.75, 3.05) is 5.75 Å². The van der Waals surface area contributed by atoms with Gasteiger partial charge in [0.05, 0.1) is 23.4 Å². The minimum absolute atomic E-state index is 0.101. The van der Waals surface area contributed by atoms with Gasteiger partial charge in [0.25, 0.3) is 0 Å². The first-order chi connectivity index (χ1) is 17.1. The lowest BCUT2D eigenvalue weighted by Gasteiger charge is -2.64. The van der Waals surface area contributed by atoms with E-state index in [1.807, 2.05) is 6.92 Å². The summed E-state index contributed by atoms with van der Waals surface area (Å²) in [4.78, 5) is 25.1. The van der Waals surface area contributed by atoms with Crippen LogP contribution in [0.1, 0.15) is 63.4 Å². The van der Waals surface area contributed by atoms with Crippen LogP contribution in [0.25, 0.3) is 0 Å². The molecule has 3 saturated carbocycles. The van der Waals surface area contributed by atoms with E-state index in [9.17, 15) is 22.8 Å². The number of hydrogen-bond acceptors (Lipinski definition) is 7. The number of hydrogen-bond donors (Lipinski definition) is 1. The molecule has 1 aromatic carbocycles. The number of nitrogens with one attached hydrogen (secondary N) is 1. The van der Waals surface area contributed by atoms with Gasteiger partial charge in [0, 0.05) is 13.8 Å². The van der Waals surface area contributed by atoms with Crippen LogP contribution in [0.2, 0.25) is 0 Å². The maximum atomic E-state index is 12.7. The number of fused-ring (bicyclic) bond motifs is 1. The van der Waals surface area contributed by atoms with Gasteiger partial charge in [-0.2, -0.15) is 13.2 Å². The molecule has 12 heteroatoms. The van der Waals surface area contributed by atoms with E-state index in [4.69, 9.17) is 18.8 Å². The van der Waals surface area contributed by atoms with E-state index in [1.54, 1.807) is 32.0 Å². The zero-order valence-electron chi connectivity index (χ0n) is 21.4. The van der Waals surface area contributed by atoms with Crippen molar-refractivity contribution >= 4 is 30.8 Å². The highest BCUT2D eigenvalue weighted by Gasteiger charge is 2.68. The summed E-state index contributed by atoms with van der Waals surface area (Å²) >= 11 is -0.398. The van der Waals surface area contributed by atoms with Crippen molar-refractivity contribution in [2.45, 2.75) is 82.8 Å². The van der Waals surface area contributed by atoms with Gasteiger partial charge in [-0.1, -0.05) is 26.0 Å². The molecule has 2 heterocycles. The van der Waals surface area contributed by atoms with Crippen molar-refractivity contribution in [1.82, 2.24) is 5.32 Å². The van der Waals surface area contributed by atoms with Crippen LogP contribution in [0.15, 0.2) is 18.2 Å². The Bertz CT molecular complexity index is 1110. The van der Waals surface area contributed by atoms with Gasteiger partial charge < -0.3 is 24.1 Å². The molecule has 0 spiro atoms. The minimum Gasteiger partial charge on any atom is -0.452 e. The molecule has 5 atom stereocenters. The Labute approximate surface area is 218 Å². The molecule has 0 aromatic heterocycles. The maximum absolute atomic E-state index is 12.7. The van der Waals surface area contributed by atoms with Gasteiger partial charge in [0.15, 0.2) is 0 Å². The third-order valence-corrected chi connectivity index (χ3v) is 9.19. The predicted molar refractivity (Wildman–Crippen MR) is 131 cm³/mol. The van der Waals surface area contributed by atoms with E-state index >= 15 is 0 Å². The first kappa shape index (κ1) is 26.7. The second kappa shape index (κ2) is 8.81. The summed E-state index contributed by atoms with van der Waals surface area (Å²) < 4.78 is 62.4. The Morgan fingerprint density at radius 3 is 2.59 bits per heavy atom. The van der Waals surface area contributed by atoms with Crippen molar-refractivity contribution in [2.24, 2.45) is 17.3 Å². The fourth-order valence-electron chi connectivity index (χ4n) is 6.49. The quantitative estimate of drug-likeness (QED) is 0.419. The minimum atomic E-state index is -4.53. The fourth-order valence-corrected chi connectivity index (χ4v) is 6.87. The normalized spacial score (nSPS) is 31.8. The van der Waals surface area contributed by atoms with Crippen LogP contribution in [0.5, 0.6) is 5.75 Å². The topological polar surface area (TPSA) is 83.1 Å². The zero-order valence-corrected chi connectivity index (χ0v) is 22.3. The number of carbonyl (C=O) groups excluding carboxylic acids is 2. The average molecular weight is 541 g/mol. The lowest BCUT2D eigenvalue weighted by Crippen LogP contribution is -2.65. The lowest BCUT2D eigenvalue weighted by molar-refractivity contribution is -0.199. The van der Waals surface area contributed by atoms with Gasteiger partial charge in [-0.25, -0.2) is 4.79 Å². The summed E-state index contributed by atoms with van der Waals surface area (Å²) in [6, 6.07) is 5.00. The van der Waals surface area contributed by atoms with E-state index < -0.39 is 59.3 Å². The lowest BCUT2D eigenvalue weighted by atomic mass is 9.43. The third-order valence-electron chi connectivity index (χ3n) is 8.45. The Morgan fingerprint density at radius 1 is 1.19 bits per heavy atom. The maximum Gasteiger partial charge on any atom is 0.482 e. The number of ether oxygens (including phenoxy) is 2. The molecule has 37 heavy (non-hydrogen) atoms. The first-order valence-electron chi connectivity index (χ1n) is 12.5. The third kappa shape index (κ3) is 4.85. The summed E-state index contributed by atoms with van der Waals surface area (Å²) in [5.41, 5.74) is -4.16. The van der Waals surface area contributed by atoms with E-state index in [1.165, 1.54) is 0 Å². The summed E-state index contributed by atoms with van der Waals surface area (Å²) in [5.74, 6) is -3.01. The van der Waals surface area contributed by atoms with Gasteiger partial charge in [-0.3, -0.25) is 4.79 Å². The largest absolute Gasteiger partial charge is 0.482 e. The Morgan fingerprint density at radius 2 is 1.92 bits per heavy atom. The number of cyclic esters (lactones) is 1. The van der Waals surface area contributed by atoms with Gasteiger partial charge in [-0.05, 0) is 66.8 Å². The summed E-state index contributed by atoms with van der Waals surface area (Å²) in [6.45, 7) is 9.71. The molecule has 0 unspecified atom stereocenters. The molecule has 2 bridgehead atoms. The smallest absolute Gasteiger partial charge is 0.452 e. The number of para-hydroxylation sites is 1. The highest BCUT2D eigenvalue weighted by atomic mass is 32.2. The highest BCUT2D eigenvalue weighted by molar-refractivity contribution is 8.00. The molecule has 1 amide bonds. The summed E-state index contributed by atoms with van der Waals surface area (Å²) in [6.07, 6.45) is 1.81. The number of halogens is 3. The molecule has 4 fully saturated rings. The Balaban J connectivity index is 1.42. The van der Waals surface area contributed by atoms with Crippen LogP contribution in [0.3, 0.4) is 0 Å². The molecule has 1 aromatic rings. The molecule has 0 radical (unpaired) electrons. The molecule has 2 aliphatic heterocycles. The Hall–Kier alpha value is -1.92. The van der Waals surface area contributed by atoms with Crippen molar-refractivity contribution < 1.29 is 41.5 Å². The number of benzene rings is 1. The molecule has 5 aliphatic rings. The average Bonchev–Trinajstić information content (AvgIpc) is 3.13. The monoisotopic (exact) mass is 541 g/mol. The first-order valence-corrected chi connectivity index (χ1v) is 13.5. The van der Waals surface area contributed by atoms with Crippen LogP contribution in [-0.2, 0) is 25.3 Å². The molecular formula is C25H31BF3NO6S. The molecule has 3 aliphatic carbocycles. The standard InChI is InChI=1S/C25H31BF3NO6S/c1-22(2)14-10-16(22)24(5)17(11-14)35-26(36-24)18(30-19(31)12-37-25(27,28)29)9-13-7-6-8-15-20(13)33-23(3,4)34-21(15)32/h6-8,14,16-18H,9-12H2,1-5H3,(H,30,31)/t14-,16-,17+,18-,24-/m0/s1. The Kier molecular flexibility index (Phi) is 6.35. The second-order valence-corrected chi connectivity index (χ2v) is 12.7. The van der Waals surface area contributed by atoms with Crippen molar-refractivity contribution in [3.8, 4) is 5.75 Å². The molecule has 6 rings (SSSR count). The van der Waals surface area contributed by atoms with Gasteiger partial charge in [-0.15, -0.1) is 0 Å². The van der Waals surface area contributed by atoms with Gasteiger partial charge in [0.1, 0.15) is 11.3 Å². The summed E-state index contributed by atoms with van der Waals surface area (Å²) in [7, 11) is -0.871. The molecule has 1 saturated heterocycles. The van der Waals surface area contributed by atoms with Crippen LogP contribution >= 0.6 is 11.8 Å². The van der Waals surface area contributed by atoms with Crippen LogP contribution in [0, 0.1) is 17.3 Å². The molecule has 7 nitrogen and oxygen atoms in total. The number of carbonyl (C=O) groups is 2.